The fraction of sp³-hybridized carbons (Fsp3) is 0.462. The van der Waals surface area contributed by atoms with Crippen molar-refractivity contribution in [3.63, 3.8) is 0 Å². The van der Waals surface area contributed by atoms with Crippen LogP contribution in [-0.4, -0.2) is 25.8 Å². The number of carboxylic acids is 1. The van der Waals surface area contributed by atoms with Crippen LogP contribution >= 0.6 is 0 Å². The second-order valence-corrected chi connectivity index (χ2v) is 4.88. The number of fused-ring (bicyclic) bond motifs is 1. The van der Waals surface area contributed by atoms with E-state index in [2.05, 4.69) is 10.1 Å². The molecular formula is C13H15N3O2. The van der Waals surface area contributed by atoms with Crippen molar-refractivity contribution in [1.29, 1.82) is 0 Å². The van der Waals surface area contributed by atoms with Gasteiger partial charge in [-0.2, -0.15) is 5.10 Å². The molecule has 94 valence electrons. The van der Waals surface area contributed by atoms with Crippen LogP contribution in [0.15, 0.2) is 12.3 Å². The summed E-state index contributed by atoms with van der Waals surface area (Å²) in [5.74, 6) is -0.920. The molecular weight excluding hydrogens is 230 g/mol. The molecule has 5 nitrogen and oxygen atoms in total. The van der Waals surface area contributed by atoms with Gasteiger partial charge in [-0.15, -0.1) is 0 Å². The van der Waals surface area contributed by atoms with Gasteiger partial charge in [0.25, 0.3) is 0 Å². The van der Waals surface area contributed by atoms with E-state index in [0.717, 1.165) is 18.5 Å². The third-order valence-corrected chi connectivity index (χ3v) is 3.60. The number of pyridine rings is 1. The van der Waals surface area contributed by atoms with E-state index in [1.54, 1.807) is 12.3 Å². The Morgan fingerprint density at radius 1 is 1.44 bits per heavy atom. The first-order chi connectivity index (χ1) is 8.66. The van der Waals surface area contributed by atoms with Gasteiger partial charge in [0, 0.05) is 5.69 Å². The van der Waals surface area contributed by atoms with E-state index < -0.39 is 5.97 Å². The monoisotopic (exact) mass is 245 g/mol. The summed E-state index contributed by atoms with van der Waals surface area (Å²) < 4.78 is 1.90. The summed E-state index contributed by atoms with van der Waals surface area (Å²) >= 11 is 0. The molecule has 18 heavy (non-hydrogen) atoms. The van der Waals surface area contributed by atoms with Crippen LogP contribution in [-0.2, 0) is 0 Å². The molecule has 1 aliphatic carbocycles. The van der Waals surface area contributed by atoms with E-state index in [1.165, 1.54) is 12.8 Å². The number of hydrogen-bond acceptors (Lipinski definition) is 3. The second kappa shape index (κ2) is 4.08. The first kappa shape index (κ1) is 11.2. The van der Waals surface area contributed by atoms with Gasteiger partial charge in [-0.05, 0) is 25.8 Å². The molecule has 1 fully saturated rings. The predicted octanol–water partition coefficient (Wildman–Crippen LogP) is 2.55. The van der Waals surface area contributed by atoms with Crippen molar-refractivity contribution in [2.75, 3.05) is 0 Å². The van der Waals surface area contributed by atoms with Crippen LogP contribution in [0.1, 0.15) is 47.8 Å². The Hall–Kier alpha value is -1.91. The molecule has 1 saturated carbocycles. The maximum absolute atomic E-state index is 11.2. The van der Waals surface area contributed by atoms with E-state index >= 15 is 0 Å². The molecule has 0 amide bonds. The molecule has 1 aliphatic rings. The molecule has 0 aromatic carbocycles. The van der Waals surface area contributed by atoms with Crippen molar-refractivity contribution in [3.05, 3.63) is 23.5 Å². The number of aromatic nitrogens is 3. The van der Waals surface area contributed by atoms with Crippen molar-refractivity contribution >= 4 is 17.0 Å². The molecule has 0 bridgehead atoms. The number of nitrogens with zero attached hydrogens (tertiary/aromatic N) is 3. The molecule has 0 aliphatic heterocycles. The lowest BCUT2D eigenvalue weighted by molar-refractivity contribution is 0.0699. The van der Waals surface area contributed by atoms with Gasteiger partial charge in [-0.1, -0.05) is 12.8 Å². The summed E-state index contributed by atoms with van der Waals surface area (Å²) in [6.07, 6.45) is 6.26. The van der Waals surface area contributed by atoms with Crippen molar-refractivity contribution < 1.29 is 9.90 Å². The van der Waals surface area contributed by atoms with Crippen LogP contribution in [0.3, 0.4) is 0 Å². The number of rotatable bonds is 2. The van der Waals surface area contributed by atoms with E-state index in [4.69, 9.17) is 0 Å². The number of aryl methyl sites for hydroxylation is 1. The standard InChI is InChI=1S/C13H15N3O2/c1-8-6-10(13(17)18)11-7-14-16(12(11)15-8)9-4-2-3-5-9/h6-7,9H,2-5H2,1H3,(H,17,18). The van der Waals surface area contributed by atoms with Gasteiger partial charge in [-0.25, -0.2) is 14.5 Å². The molecule has 2 heterocycles. The fourth-order valence-corrected chi connectivity index (χ4v) is 2.74. The minimum atomic E-state index is -0.920. The average molecular weight is 245 g/mol. The molecule has 3 rings (SSSR count). The smallest absolute Gasteiger partial charge is 0.336 e. The first-order valence-electron chi connectivity index (χ1n) is 6.25. The van der Waals surface area contributed by atoms with Crippen molar-refractivity contribution in [3.8, 4) is 0 Å². The fourth-order valence-electron chi connectivity index (χ4n) is 2.74. The SMILES string of the molecule is Cc1cc(C(=O)O)c2cnn(C3CCCC3)c2n1. The van der Waals surface area contributed by atoms with Crippen LogP contribution in [0.5, 0.6) is 0 Å². The highest BCUT2D eigenvalue weighted by Crippen LogP contribution is 2.31. The summed E-state index contributed by atoms with van der Waals surface area (Å²) in [4.78, 5) is 15.7. The highest BCUT2D eigenvalue weighted by molar-refractivity contribution is 6.01. The maximum Gasteiger partial charge on any atom is 0.336 e. The first-order valence-corrected chi connectivity index (χ1v) is 6.25. The molecule has 2 aromatic heterocycles. The number of hydrogen-bond donors (Lipinski definition) is 1. The van der Waals surface area contributed by atoms with Gasteiger partial charge in [0.1, 0.15) is 0 Å². The zero-order valence-corrected chi connectivity index (χ0v) is 10.3. The van der Waals surface area contributed by atoms with Crippen molar-refractivity contribution in [2.24, 2.45) is 0 Å². The summed E-state index contributed by atoms with van der Waals surface area (Å²) in [6, 6.07) is 1.98. The molecule has 1 N–H and O–H groups in total. The Morgan fingerprint density at radius 3 is 2.83 bits per heavy atom. The Balaban J connectivity index is 2.20. The molecule has 0 radical (unpaired) electrons. The summed E-state index contributed by atoms with van der Waals surface area (Å²) in [5, 5.41) is 14.2. The van der Waals surface area contributed by atoms with Crippen LogP contribution in [0, 0.1) is 6.92 Å². The minimum absolute atomic E-state index is 0.293. The van der Waals surface area contributed by atoms with Gasteiger partial charge < -0.3 is 5.11 Å². The van der Waals surface area contributed by atoms with Crippen molar-refractivity contribution in [1.82, 2.24) is 14.8 Å². The van der Waals surface area contributed by atoms with Crippen LogP contribution in [0.4, 0.5) is 0 Å². The molecule has 0 spiro atoms. The molecule has 2 aromatic rings. The topological polar surface area (TPSA) is 68.0 Å². The lowest BCUT2D eigenvalue weighted by Crippen LogP contribution is -2.08. The van der Waals surface area contributed by atoms with E-state index in [0.29, 0.717) is 22.6 Å². The quantitative estimate of drug-likeness (QED) is 0.882. The van der Waals surface area contributed by atoms with Gasteiger partial charge in [0.05, 0.1) is 23.2 Å². The third-order valence-electron chi connectivity index (χ3n) is 3.60. The average Bonchev–Trinajstić information content (AvgIpc) is 2.94. The number of aromatic carboxylic acids is 1. The lowest BCUT2D eigenvalue weighted by Gasteiger charge is -2.11. The summed E-state index contributed by atoms with van der Waals surface area (Å²) in [6.45, 7) is 1.82. The Morgan fingerprint density at radius 2 is 2.17 bits per heavy atom. The molecule has 0 atom stereocenters. The molecule has 5 heteroatoms. The van der Waals surface area contributed by atoms with Gasteiger partial charge in [0.2, 0.25) is 0 Å². The highest BCUT2D eigenvalue weighted by Gasteiger charge is 2.22. The van der Waals surface area contributed by atoms with Gasteiger partial charge in [-0.3, -0.25) is 0 Å². The van der Waals surface area contributed by atoms with E-state index in [1.807, 2.05) is 11.6 Å². The minimum Gasteiger partial charge on any atom is -0.478 e. The van der Waals surface area contributed by atoms with Crippen LogP contribution in [0.25, 0.3) is 11.0 Å². The Bertz CT molecular complexity index is 612. The highest BCUT2D eigenvalue weighted by atomic mass is 16.4. The molecule has 0 saturated heterocycles. The van der Waals surface area contributed by atoms with Gasteiger partial charge in [0.15, 0.2) is 5.65 Å². The number of carbonyl (C=O) groups is 1. The van der Waals surface area contributed by atoms with Crippen LogP contribution in [0.2, 0.25) is 0 Å². The zero-order chi connectivity index (χ0) is 12.7. The normalized spacial score (nSPS) is 16.5. The Kier molecular flexibility index (Phi) is 2.54. The van der Waals surface area contributed by atoms with Gasteiger partial charge >= 0.3 is 5.97 Å². The number of carboxylic acid groups (broad SMARTS) is 1. The summed E-state index contributed by atoms with van der Waals surface area (Å²) in [7, 11) is 0. The van der Waals surface area contributed by atoms with E-state index in [-0.39, 0.29) is 0 Å². The third kappa shape index (κ3) is 1.66. The largest absolute Gasteiger partial charge is 0.478 e. The lowest BCUT2D eigenvalue weighted by atomic mass is 10.1. The van der Waals surface area contributed by atoms with Crippen LogP contribution < -0.4 is 0 Å². The summed E-state index contributed by atoms with van der Waals surface area (Å²) in [5.41, 5.74) is 1.72. The second-order valence-electron chi connectivity index (χ2n) is 4.88. The maximum atomic E-state index is 11.2. The predicted molar refractivity (Wildman–Crippen MR) is 66.7 cm³/mol. The van der Waals surface area contributed by atoms with Crippen molar-refractivity contribution in [2.45, 2.75) is 38.6 Å². The van der Waals surface area contributed by atoms with E-state index in [9.17, 15) is 9.90 Å². The molecule has 0 unspecified atom stereocenters. The zero-order valence-electron chi connectivity index (χ0n) is 10.3. The Labute approximate surface area is 104 Å².